The summed E-state index contributed by atoms with van der Waals surface area (Å²) >= 11 is 0. The smallest absolute Gasteiger partial charge is 0.185 e. The van der Waals surface area contributed by atoms with Crippen molar-refractivity contribution < 1.29 is 15.0 Å². The maximum absolute atomic E-state index is 11.9. The summed E-state index contributed by atoms with van der Waals surface area (Å²) in [6.07, 6.45) is 3.18. The number of carbonyl (C=O) groups is 1. The first kappa shape index (κ1) is 13.1. The molecule has 3 heteroatoms. The van der Waals surface area contributed by atoms with Gasteiger partial charge in [-0.25, -0.2) is 0 Å². The number of allylic oxidation sites excluding steroid dienone is 1. The topological polar surface area (TPSA) is 57.5 Å². The predicted octanol–water partition coefficient (Wildman–Crippen LogP) is 2.78. The Balaban J connectivity index is 2.09. The highest BCUT2D eigenvalue weighted by Crippen LogP contribution is 2.12. The second-order valence-corrected chi connectivity index (χ2v) is 4.14. The fourth-order valence-electron chi connectivity index (χ4n) is 1.63. The van der Waals surface area contributed by atoms with E-state index >= 15 is 0 Å². The van der Waals surface area contributed by atoms with Crippen LogP contribution in [0.3, 0.4) is 0 Å². The van der Waals surface area contributed by atoms with Gasteiger partial charge in [-0.15, -0.1) is 0 Å². The lowest BCUT2D eigenvalue weighted by Gasteiger charge is -1.98. The van der Waals surface area contributed by atoms with Gasteiger partial charge in [-0.3, -0.25) is 4.79 Å². The van der Waals surface area contributed by atoms with E-state index in [0.717, 1.165) is 11.1 Å². The summed E-state index contributed by atoms with van der Waals surface area (Å²) in [6.45, 7) is -0.0299. The monoisotopic (exact) mass is 254 g/mol. The number of hydrogen-bond acceptors (Lipinski definition) is 3. The number of aromatic hydroxyl groups is 1. The van der Waals surface area contributed by atoms with Crippen molar-refractivity contribution in [2.45, 2.75) is 6.61 Å². The van der Waals surface area contributed by atoms with Crippen LogP contribution in [0, 0.1) is 0 Å². The van der Waals surface area contributed by atoms with Crippen molar-refractivity contribution in [2.75, 3.05) is 0 Å². The van der Waals surface area contributed by atoms with Crippen molar-refractivity contribution in [3.8, 4) is 5.75 Å². The molecule has 0 fully saturated rings. The van der Waals surface area contributed by atoms with Gasteiger partial charge in [0.25, 0.3) is 0 Å². The van der Waals surface area contributed by atoms with Gasteiger partial charge in [-0.05, 0) is 29.3 Å². The molecule has 19 heavy (non-hydrogen) atoms. The number of aliphatic hydroxyl groups excluding tert-OH is 1. The number of ketones is 1. The Hall–Kier alpha value is -2.39. The zero-order chi connectivity index (χ0) is 13.7. The predicted molar refractivity (Wildman–Crippen MR) is 73.8 cm³/mol. The van der Waals surface area contributed by atoms with Crippen LogP contribution in [0.5, 0.6) is 5.75 Å². The lowest BCUT2D eigenvalue weighted by molar-refractivity contribution is 0.104. The molecule has 2 N–H and O–H groups in total. The Kier molecular flexibility index (Phi) is 4.11. The Morgan fingerprint density at radius 1 is 1.00 bits per heavy atom. The first-order valence-corrected chi connectivity index (χ1v) is 5.90. The number of rotatable bonds is 4. The number of phenolic OH excluding ortho intramolecular Hbond substituents is 1. The van der Waals surface area contributed by atoms with Gasteiger partial charge in [-0.1, -0.05) is 42.5 Å². The van der Waals surface area contributed by atoms with Crippen molar-refractivity contribution in [1.82, 2.24) is 0 Å². The van der Waals surface area contributed by atoms with Crippen LogP contribution < -0.4 is 0 Å². The summed E-state index contributed by atoms with van der Waals surface area (Å²) in [6, 6.07) is 13.4. The number of hydrogen-bond donors (Lipinski definition) is 2. The van der Waals surface area contributed by atoms with Gasteiger partial charge in [0.15, 0.2) is 5.78 Å². The summed E-state index contributed by atoms with van der Waals surface area (Å²) < 4.78 is 0. The molecule has 3 nitrogen and oxygen atoms in total. The molecule has 0 unspecified atom stereocenters. The lowest BCUT2D eigenvalue weighted by atomic mass is 10.1. The molecule has 0 amide bonds. The molecule has 2 aromatic carbocycles. The molecule has 0 aliphatic heterocycles. The normalized spacial score (nSPS) is 10.8. The third-order valence-electron chi connectivity index (χ3n) is 2.74. The molecule has 0 spiro atoms. The molecular formula is C16H14O3. The van der Waals surface area contributed by atoms with Gasteiger partial charge in [-0.2, -0.15) is 0 Å². The van der Waals surface area contributed by atoms with Crippen LogP contribution in [-0.4, -0.2) is 16.0 Å². The van der Waals surface area contributed by atoms with Gasteiger partial charge in [0.05, 0.1) is 6.61 Å². The van der Waals surface area contributed by atoms with E-state index < -0.39 is 0 Å². The van der Waals surface area contributed by atoms with Crippen LogP contribution in [0.25, 0.3) is 6.08 Å². The summed E-state index contributed by atoms with van der Waals surface area (Å²) in [5, 5.41) is 18.1. The quantitative estimate of drug-likeness (QED) is 0.651. The van der Waals surface area contributed by atoms with Crippen LogP contribution >= 0.6 is 0 Å². The number of benzene rings is 2. The molecule has 0 bridgehead atoms. The van der Waals surface area contributed by atoms with Crippen molar-refractivity contribution in [3.63, 3.8) is 0 Å². The lowest BCUT2D eigenvalue weighted by Crippen LogP contribution is -1.94. The van der Waals surface area contributed by atoms with E-state index in [1.54, 1.807) is 54.6 Å². The van der Waals surface area contributed by atoms with Gasteiger partial charge < -0.3 is 10.2 Å². The van der Waals surface area contributed by atoms with Crippen molar-refractivity contribution in [1.29, 1.82) is 0 Å². The molecular weight excluding hydrogens is 240 g/mol. The minimum Gasteiger partial charge on any atom is -0.508 e. The Bertz CT molecular complexity index is 580. The van der Waals surface area contributed by atoms with Crippen LogP contribution in [0.4, 0.5) is 0 Å². The second kappa shape index (κ2) is 5.98. The third-order valence-corrected chi connectivity index (χ3v) is 2.74. The average Bonchev–Trinajstić information content (AvgIpc) is 2.46. The standard InChI is InChI=1S/C16H14O3/c17-11-13-1-6-14(7-2-13)16(19)10-5-12-3-8-15(18)9-4-12/h1-10,17-18H,11H2. The highest BCUT2D eigenvalue weighted by atomic mass is 16.3. The molecule has 96 valence electrons. The summed E-state index contributed by atoms with van der Waals surface area (Å²) in [4.78, 5) is 11.9. The maximum atomic E-state index is 11.9. The van der Waals surface area contributed by atoms with Crippen LogP contribution in [0.15, 0.2) is 54.6 Å². The fourth-order valence-corrected chi connectivity index (χ4v) is 1.63. The van der Waals surface area contributed by atoms with E-state index in [1.165, 1.54) is 6.08 Å². The first-order valence-electron chi connectivity index (χ1n) is 5.90. The molecule has 0 aromatic heterocycles. The number of phenols is 1. The van der Waals surface area contributed by atoms with Gasteiger partial charge in [0, 0.05) is 5.56 Å². The highest BCUT2D eigenvalue weighted by molar-refractivity contribution is 6.06. The molecule has 0 aliphatic carbocycles. The number of aliphatic hydroxyl groups is 1. The van der Waals surface area contributed by atoms with Crippen LogP contribution in [0.1, 0.15) is 21.5 Å². The average molecular weight is 254 g/mol. The van der Waals surface area contributed by atoms with Gasteiger partial charge in [0.1, 0.15) is 5.75 Å². The van der Waals surface area contributed by atoms with E-state index in [9.17, 15) is 4.79 Å². The highest BCUT2D eigenvalue weighted by Gasteiger charge is 2.01. The third kappa shape index (κ3) is 3.53. The van der Waals surface area contributed by atoms with Crippen molar-refractivity contribution >= 4 is 11.9 Å². The molecule has 0 heterocycles. The van der Waals surface area contributed by atoms with E-state index in [1.807, 2.05) is 0 Å². The van der Waals surface area contributed by atoms with Crippen LogP contribution in [0.2, 0.25) is 0 Å². The molecule has 0 saturated heterocycles. The summed E-state index contributed by atoms with van der Waals surface area (Å²) in [5.41, 5.74) is 2.20. The molecule has 2 aromatic rings. The summed E-state index contributed by atoms with van der Waals surface area (Å²) in [5.74, 6) is 0.0978. The van der Waals surface area contributed by atoms with Crippen molar-refractivity contribution in [3.05, 3.63) is 71.3 Å². The Labute approximate surface area is 111 Å². The number of carbonyl (C=O) groups excluding carboxylic acids is 1. The van der Waals surface area contributed by atoms with E-state index in [2.05, 4.69) is 0 Å². The minimum absolute atomic E-state index is 0.0299. The zero-order valence-electron chi connectivity index (χ0n) is 10.3. The molecule has 0 saturated carbocycles. The maximum Gasteiger partial charge on any atom is 0.185 e. The van der Waals surface area contributed by atoms with Crippen molar-refractivity contribution in [2.24, 2.45) is 0 Å². The first-order chi connectivity index (χ1) is 9.19. The summed E-state index contributed by atoms with van der Waals surface area (Å²) in [7, 11) is 0. The SMILES string of the molecule is O=C(C=Cc1ccc(O)cc1)c1ccc(CO)cc1. The van der Waals surface area contributed by atoms with E-state index in [-0.39, 0.29) is 18.1 Å². The molecule has 2 rings (SSSR count). The van der Waals surface area contributed by atoms with E-state index in [0.29, 0.717) is 5.56 Å². The van der Waals surface area contributed by atoms with Gasteiger partial charge in [0.2, 0.25) is 0 Å². The van der Waals surface area contributed by atoms with E-state index in [4.69, 9.17) is 10.2 Å². The molecule has 0 aliphatic rings. The zero-order valence-corrected chi connectivity index (χ0v) is 10.3. The largest absolute Gasteiger partial charge is 0.508 e. The fraction of sp³-hybridized carbons (Fsp3) is 0.0625. The second-order valence-electron chi connectivity index (χ2n) is 4.14. The Morgan fingerprint density at radius 2 is 1.63 bits per heavy atom. The minimum atomic E-state index is -0.0995. The Morgan fingerprint density at radius 3 is 2.21 bits per heavy atom. The van der Waals surface area contributed by atoms with Crippen LogP contribution in [-0.2, 0) is 6.61 Å². The molecule has 0 atom stereocenters. The molecule has 0 radical (unpaired) electrons. The van der Waals surface area contributed by atoms with Gasteiger partial charge >= 0.3 is 0 Å².